The molecular formula is C14H13BrCl2OS. The van der Waals surface area contributed by atoms with Crippen LogP contribution in [0.5, 0.6) is 5.75 Å². The third-order valence-electron chi connectivity index (χ3n) is 2.69. The van der Waals surface area contributed by atoms with Gasteiger partial charge in [-0.05, 0) is 26.0 Å². The Morgan fingerprint density at radius 2 is 2.00 bits per heavy atom. The van der Waals surface area contributed by atoms with E-state index >= 15 is 0 Å². The number of thiophene rings is 1. The molecule has 19 heavy (non-hydrogen) atoms. The first-order valence-electron chi connectivity index (χ1n) is 5.85. The normalized spacial score (nSPS) is 12.5. The highest BCUT2D eigenvalue weighted by atomic mass is 79.9. The maximum atomic E-state index is 6.22. The van der Waals surface area contributed by atoms with Gasteiger partial charge in [-0.15, -0.1) is 11.3 Å². The van der Waals surface area contributed by atoms with Crippen molar-refractivity contribution in [2.24, 2.45) is 0 Å². The van der Waals surface area contributed by atoms with Gasteiger partial charge < -0.3 is 4.74 Å². The van der Waals surface area contributed by atoms with Gasteiger partial charge in [0.25, 0.3) is 0 Å². The number of benzene rings is 1. The Morgan fingerprint density at radius 1 is 1.26 bits per heavy atom. The molecule has 0 aliphatic heterocycles. The van der Waals surface area contributed by atoms with Gasteiger partial charge in [0.1, 0.15) is 5.75 Å². The van der Waals surface area contributed by atoms with E-state index in [1.807, 2.05) is 25.1 Å². The summed E-state index contributed by atoms with van der Waals surface area (Å²) in [6.45, 7) is 4.66. The molecule has 1 nitrogen and oxygen atoms in total. The molecular weight excluding hydrogens is 367 g/mol. The summed E-state index contributed by atoms with van der Waals surface area (Å²) >= 11 is 17.3. The van der Waals surface area contributed by atoms with Crippen molar-refractivity contribution in [3.05, 3.63) is 49.6 Å². The van der Waals surface area contributed by atoms with Gasteiger partial charge >= 0.3 is 0 Å². The Balaban J connectivity index is 2.45. The number of halogens is 3. The lowest BCUT2D eigenvalue weighted by Gasteiger charge is -2.16. The second kappa shape index (κ2) is 6.49. The molecule has 1 aromatic carbocycles. The van der Waals surface area contributed by atoms with Crippen molar-refractivity contribution in [2.45, 2.75) is 18.7 Å². The average Bonchev–Trinajstić information content (AvgIpc) is 2.70. The molecule has 0 aliphatic carbocycles. The van der Waals surface area contributed by atoms with Gasteiger partial charge in [0.05, 0.1) is 20.1 Å². The lowest BCUT2D eigenvalue weighted by molar-refractivity contribution is 0.337. The quantitative estimate of drug-likeness (QED) is 0.570. The van der Waals surface area contributed by atoms with Crippen LogP contribution in [0.15, 0.2) is 24.3 Å². The third-order valence-corrected chi connectivity index (χ3v) is 5.20. The smallest absolute Gasteiger partial charge is 0.123 e. The first-order valence-corrected chi connectivity index (χ1v) is 8.34. The van der Waals surface area contributed by atoms with Crippen LogP contribution in [0.3, 0.4) is 0 Å². The van der Waals surface area contributed by atoms with Crippen LogP contribution in [0.2, 0.25) is 8.67 Å². The Bertz CT molecular complexity index is 583. The number of hydrogen-bond donors (Lipinski definition) is 0. The monoisotopic (exact) mass is 378 g/mol. The van der Waals surface area contributed by atoms with E-state index in [0.717, 1.165) is 16.9 Å². The average molecular weight is 380 g/mol. The molecule has 0 saturated heterocycles. The fourth-order valence-electron chi connectivity index (χ4n) is 1.85. The maximum Gasteiger partial charge on any atom is 0.123 e. The lowest BCUT2D eigenvalue weighted by Crippen LogP contribution is -2.00. The zero-order valence-electron chi connectivity index (χ0n) is 10.5. The molecule has 0 bridgehead atoms. The van der Waals surface area contributed by atoms with Crippen molar-refractivity contribution in [3.63, 3.8) is 0 Å². The molecule has 5 heteroatoms. The van der Waals surface area contributed by atoms with Gasteiger partial charge in [0, 0.05) is 11.1 Å². The summed E-state index contributed by atoms with van der Waals surface area (Å²) < 4.78 is 7.07. The molecule has 0 aliphatic rings. The Hall–Kier alpha value is -0.220. The molecule has 2 rings (SSSR count). The van der Waals surface area contributed by atoms with Gasteiger partial charge in [-0.3, -0.25) is 0 Å². The number of aryl methyl sites for hydroxylation is 1. The highest BCUT2D eigenvalue weighted by Crippen LogP contribution is 2.44. The van der Waals surface area contributed by atoms with Crippen molar-refractivity contribution in [1.82, 2.24) is 0 Å². The third kappa shape index (κ3) is 3.46. The first kappa shape index (κ1) is 15.2. The van der Waals surface area contributed by atoms with Crippen LogP contribution in [0.25, 0.3) is 0 Å². The molecule has 2 aromatic rings. The SMILES string of the molecule is CCOc1ccc(C)cc1C(Br)c1cc(Cl)sc1Cl. The van der Waals surface area contributed by atoms with Crippen LogP contribution in [0.1, 0.15) is 28.4 Å². The molecule has 1 atom stereocenters. The van der Waals surface area contributed by atoms with Crippen molar-refractivity contribution < 1.29 is 4.74 Å². The number of ether oxygens (including phenoxy) is 1. The fourth-order valence-corrected chi connectivity index (χ4v) is 4.38. The van der Waals surface area contributed by atoms with E-state index in [2.05, 4.69) is 28.9 Å². The minimum atomic E-state index is -0.0230. The van der Waals surface area contributed by atoms with E-state index in [1.54, 1.807) is 0 Å². The minimum Gasteiger partial charge on any atom is -0.494 e. The van der Waals surface area contributed by atoms with Gasteiger partial charge in [0.2, 0.25) is 0 Å². The summed E-state index contributed by atoms with van der Waals surface area (Å²) in [5.41, 5.74) is 3.22. The van der Waals surface area contributed by atoms with Crippen LogP contribution in [0, 0.1) is 6.92 Å². The van der Waals surface area contributed by atoms with Gasteiger partial charge in [-0.1, -0.05) is 56.8 Å². The first-order chi connectivity index (χ1) is 9.02. The molecule has 0 amide bonds. The minimum absolute atomic E-state index is 0.0230. The molecule has 0 fully saturated rings. The van der Waals surface area contributed by atoms with Crippen LogP contribution in [0.4, 0.5) is 0 Å². The number of rotatable bonds is 4. The number of hydrogen-bond acceptors (Lipinski definition) is 2. The summed E-state index contributed by atoms with van der Waals surface area (Å²) in [6.07, 6.45) is 0. The zero-order chi connectivity index (χ0) is 14.0. The maximum absolute atomic E-state index is 6.22. The molecule has 0 N–H and O–H groups in total. The van der Waals surface area contributed by atoms with Crippen molar-refractivity contribution >= 4 is 50.5 Å². The molecule has 0 spiro atoms. The van der Waals surface area contributed by atoms with E-state index in [1.165, 1.54) is 16.9 Å². The number of alkyl halides is 1. The summed E-state index contributed by atoms with van der Waals surface area (Å²) in [6, 6.07) is 8.03. The van der Waals surface area contributed by atoms with E-state index in [9.17, 15) is 0 Å². The van der Waals surface area contributed by atoms with Crippen molar-refractivity contribution in [2.75, 3.05) is 6.61 Å². The Morgan fingerprint density at radius 3 is 2.58 bits per heavy atom. The summed E-state index contributed by atoms with van der Waals surface area (Å²) in [5, 5.41) is 0. The van der Waals surface area contributed by atoms with Crippen LogP contribution in [-0.4, -0.2) is 6.61 Å². The van der Waals surface area contributed by atoms with E-state index in [4.69, 9.17) is 27.9 Å². The van der Waals surface area contributed by atoms with Crippen LogP contribution < -0.4 is 4.74 Å². The molecule has 1 aromatic heterocycles. The fraction of sp³-hybridized carbons (Fsp3) is 0.286. The topological polar surface area (TPSA) is 9.23 Å². The highest BCUT2D eigenvalue weighted by Gasteiger charge is 2.20. The van der Waals surface area contributed by atoms with Crippen LogP contribution >= 0.6 is 50.5 Å². The van der Waals surface area contributed by atoms with E-state index in [0.29, 0.717) is 15.3 Å². The van der Waals surface area contributed by atoms with Crippen molar-refractivity contribution in [1.29, 1.82) is 0 Å². The van der Waals surface area contributed by atoms with Gasteiger partial charge in [-0.2, -0.15) is 0 Å². The van der Waals surface area contributed by atoms with Gasteiger partial charge in [-0.25, -0.2) is 0 Å². The summed E-state index contributed by atoms with van der Waals surface area (Å²) in [4.78, 5) is -0.0230. The Labute approximate surface area is 135 Å². The summed E-state index contributed by atoms with van der Waals surface area (Å²) in [5.74, 6) is 0.869. The molecule has 0 radical (unpaired) electrons. The van der Waals surface area contributed by atoms with E-state index in [-0.39, 0.29) is 4.83 Å². The van der Waals surface area contributed by atoms with E-state index < -0.39 is 0 Å². The lowest BCUT2D eigenvalue weighted by atomic mass is 10.0. The predicted octanol–water partition coefficient (Wildman–Crippen LogP) is 6.25. The highest BCUT2D eigenvalue weighted by molar-refractivity contribution is 9.09. The zero-order valence-corrected chi connectivity index (χ0v) is 14.5. The van der Waals surface area contributed by atoms with Gasteiger partial charge in [0.15, 0.2) is 0 Å². The largest absolute Gasteiger partial charge is 0.494 e. The second-order valence-corrected chi connectivity index (χ2v) is 7.32. The Kier molecular flexibility index (Phi) is 5.18. The second-order valence-electron chi connectivity index (χ2n) is 4.12. The predicted molar refractivity (Wildman–Crippen MR) is 87.5 cm³/mol. The molecule has 102 valence electrons. The van der Waals surface area contributed by atoms with Crippen LogP contribution in [-0.2, 0) is 0 Å². The molecule has 0 saturated carbocycles. The summed E-state index contributed by atoms with van der Waals surface area (Å²) in [7, 11) is 0. The molecule has 1 heterocycles. The van der Waals surface area contributed by atoms with Crippen molar-refractivity contribution in [3.8, 4) is 5.75 Å². The molecule has 1 unspecified atom stereocenters. The standard InChI is InChI=1S/C14H13BrCl2OS/c1-3-18-11-5-4-8(2)6-9(11)13(15)10-7-12(16)19-14(10)17/h4-7,13H,3H2,1-2H3.